The van der Waals surface area contributed by atoms with Crippen molar-refractivity contribution in [3.05, 3.63) is 59.4 Å². The van der Waals surface area contributed by atoms with E-state index < -0.39 is 0 Å². The van der Waals surface area contributed by atoms with Crippen LogP contribution in [0.4, 0.5) is 10.5 Å². The van der Waals surface area contributed by atoms with Crippen LogP contribution in [0.3, 0.4) is 0 Å². The number of hydrogen-bond acceptors (Lipinski definition) is 2. The van der Waals surface area contributed by atoms with Crippen molar-refractivity contribution in [1.29, 1.82) is 0 Å². The first-order valence-corrected chi connectivity index (χ1v) is 12.5. The van der Waals surface area contributed by atoms with E-state index in [0.29, 0.717) is 18.4 Å². The lowest BCUT2D eigenvalue weighted by Crippen LogP contribution is -2.34. The highest BCUT2D eigenvalue weighted by molar-refractivity contribution is 5.91. The van der Waals surface area contributed by atoms with Gasteiger partial charge in [-0.3, -0.25) is 0 Å². The van der Waals surface area contributed by atoms with Gasteiger partial charge in [0.1, 0.15) is 5.65 Å². The molecule has 3 rings (SSSR count). The summed E-state index contributed by atoms with van der Waals surface area (Å²) in [4.78, 5) is 17.7. The monoisotopic (exact) mass is 448 g/mol. The van der Waals surface area contributed by atoms with Crippen molar-refractivity contribution in [2.75, 3.05) is 11.9 Å². The fraction of sp³-hybridized carbons (Fsp3) is 0.500. The summed E-state index contributed by atoms with van der Waals surface area (Å²) in [6.07, 6.45) is 8.27. The largest absolute Gasteiger partial charge is 0.336 e. The molecule has 2 amide bonds. The Hall–Kier alpha value is -2.82. The lowest BCUT2D eigenvalue weighted by Gasteiger charge is -2.23. The summed E-state index contributed by atoms with van der Waals surface area (Å²) < 4.78 is 2.27. The molecule has 2 aromatic heterocycles. The maximum absolute atomic E-state index is 13.0. The molecule has 5 heteroatoms. The molecule has 1 atom stereocenters. The molecule has 0 aliphatic rings. The zero-order chi connectivity index (χ0) is 24.0. The smallest absolute Gasteiger partial charge is 0.319 e. The summed E-state index contributed by atoms with van der Waals surface area (Å²) >= 11 is 0. The van der Waals surface area contributed by atoms with Crippen LogP contribution in [0.1, 0.15) is 95.4 Å². The van der Waals surface area contributed by atoms with E-state index in [1.165, 1.54) is 22.1 Å². The molecule has 2 heterocycles. The van der Waals surface area contributed by atoms with Gasteiger partial charge >= 0.3 is 6.03 Å². The maximum Gasteiger partial charge on any atom is 0.319 e. The number of urea groups is 1. The van der Waals surface area contributed by atoms with E-state index in [2.05, 4.69) is 92.2 Å². The van der Waals surface area contributed by atoms with Gasteiger partial charge in [0.05, 0.1) is 6.04 Å². The number of aryl methyl sites for hydroxylation is 1. The number of amides is 2. The van der Waals surface area contributed by atoms with Crippen molar-refractivity contribution in [2.24, 2.45) is 0 Å². The van der Waals surface area contributed by atoms with Crippen molar-refractivity contribution in [1.82, 2.24) is 14.9 Å². The Balaban J connectivity index is 1.82. The van der Waals surface area contributed by atoms with E-state index in [1.54, 1.807) is 0 Å². The normalized spacial score (nSPS) is 12.5. The van der Waals surface area contributed by atoms with Gasteiger partial charge in [0.25, 0.3) is 0 Å². The average Bonchev–Trinajstić information content (AvgIpc) is 3.17. The molecule has 0 saturated heterocycles. The number of para-hydroxylation sites is 1. The molecule has 1 unspecified atom stereocenters. The van der Waals surface area contributed by atoms with Crippen molar-refractivity contribution >= 4 is 22.8 Å². The number of fused-ring (bicyclic) bond motifs is 1. The number of anilines is 1. The molecule has 0 spiro atoms. The van der Waals surface area contributed by atoms with Gasteiger partial charge in [-0.1, -0.05) is 72.6 Å². The second kappa shape index (κ2) is 11.4. The van der Waals surface area contributed by atoms with E-state index in [-0.39, 0.29) is 12.1 Å². The first kappa shape index (κ1) is 24.8. The van der Waals surface area contributed by atoms with Crippen LogP contribution in [0, 0.1) is 0 Å². The van der Waals surface area contributed by atoms with Gasteiger partial charge in [-0.25, -0.2) is 9.78 Å². The van der Waals surface area contributed by atoms with Gasteiger partial charge < -0.3 is 15.2 Å². The molecule has 0 aliphatic heterocycles. The first-order chi connectivity index (χ1) is 15.9. The standard InChI is InChI=1S/C28H40N4O/c1-7-9-12-22(32-18-21(8-2)25-15-11-16-29-27(25)32)17-30-28(33)31-26-23(19(3)4)13-10-14-24(26)20(5)6/h10-11,13-16,18-20,22H,7-9,12,17H2,1-6H3,(H2,30,31,33). The van der Waals surface area contributed by atoms with Gasteiger partial charge in [-0.2, -0.15) is 0 Å². The Labute approximate surface area is 199 Å². The van der Waals surface area contributed by atoms with Gasteiger partial charge in [-0.15, -0.1) is 0 Å². The number of carbonyl (C=O) groups is 1. The van der Waals surface area contributed by atoms with Crippen molar-refractivity contribution < 1.29 is 4.79 Å². The molecule has 3 aromatic rings. The molecule has 0 aliphatic carbocycles. The third kappa shape index (κ3) is 5.76. The van der Waals surface area contributed by atoms with Crippen LogP contribution in [0.2, 0.25) is 0 Å². The highest BCUT2D eigenvalue weighted by atomic mass is 16.2. The van der Waals surface area contributed by atoms with E-state index in [1.807, 2.05) is 12.3 Å². The predicted octanol–water partition coefficient (Wildman–Crippen LogP) is 7.40. The highest BCUT2D eigenvalue weighted by Crippen LogP contribution is 2.32. The molecule has 2 N–H and O–H groups in total. The molecule has 33 heavy (non-hydrogen) atoms. The van der Waals surface area contributed by atoms with Crippen molar-refractivity contribution in [2.45, 2.75) is 85.1 Å². The Morgan fingerprint density at radius 3 is 2.33 bits per heavy atom. The van der Waals surface area contributed by atoms with Crippen LogP contribution in [0.5, 0.6) is 0 Å². The molecule has 0 bridgehead atoms. The topological polar surface area (TPSA) is 59.0 Å². The second-order valence-corrected chi connectivity index (χ2v) is 9.54. The van der Waals surface area contributed by atoms with Gasteiger partial charge in [0, 0.05) is 30.0 Å². The summed E-state index contributed by atoms with van der Waals surface area (Å²) in [6, 6.07) is 10.5. The number of nitrogens with one attached hydrogen (secondary N) is 2. The van der Waals surface area contributed by atoms with Crippen molar-refractivity contribution in [3.63, 3.8) is 0 Å². The highest BCUT2D eigenvalue weighted by Gasteiger charge is 2.19. The minimum absolute atomic E-state index is 0.147. The Bertz CT molecular complexity index is 1040. The van der Waals surface area contributed by atoms with E-state index in [0.717, 1.165) is 37.0 Å². The fourth-order valence-electron chi connectivity index (χ4n) is 4.55. The Morgan fingerprint density at radius 2 is 1.73 bits per heavy atom. The number of unbranched alkanes of at least 4 members (excludes halogenated alkanes) is 1. The van der Waals surface area contributed by atoms with Crippen LogP contribution in [0.25, 0.3) is 11.0 Å². The predicted molar refractivity (Wildman–Crippen MR) is 139 cm³/mol. The molecule has 178 valence electrons. The fourth-order valence-corrected chi connectivity index (χ4v) is 4.55. The SMILES string of the molecule is CCCCC(CNC(=O)Nc1c(C(C)C)cccc1C(C)C)n1cc(CC)c2cccnc21. The van der Waals surface area contributed by atoms with Crippen LogP contribution in [-0.2, 0) is 6.42 Å². The van der Waals surface area contributed by atoms with E-state index >= 15 is 0 Å². The Morgan fingerprint density at radius 1 is 1.03 bits per heavy atom. The van der Waals surface area contributed by atoms with E-state index in [4.69, 9.17) is 0 Å². The number of aromatic nitrogens is 2. The average molecular weight is 449 g/mol. The van der Waals surface area contributed by atoms with E-state index in [9.17, 15) is 4.79 Å². The summed E-state index contributed by atoms with van der Waals surface area (Å²) in [6.45, 7) is 13.6. The lowest BCUT2D eigenvalue weighted by molar-refractivity contribution is 0.249. The minimum atomic E-state index is -0.147. The lowest BCUT2D eigenvalue weighted by atomic mass is 9.93. The molecule has 5 nitrogen and oxygen atoms in total. The molecular formula is C28H40N4O. The zero-order valence-corrected chi connectivity index (χ0v) is 21.1. The molecule has 0 fully saturated rings. The number of carbonyl (C=O) groups excluding carboxylic acids is 1. The number of benzene rings is 1. The zero-order valence-electron chi connectivity index (χ0n) is 21.1. The first-order valence-electron chi connectivity index (χ1n) is 12.5. The van der Waals surface area contributed by atoms with Crippen LogP contribution in [0.15, 0.2) is 42.7 Å². The number of rotatable bonds is 10. The van der Waals surface area contributed by atoms with Crippen LogP contribution >= 0.6 is 0 Å². The summed E-state index contributed by atoms with van der Waals surface area (Å²) in [5, 5.41) is 7.55. The molecule has 0 radical (unpaired) electrons. The molecule has 0 saturated carbocycles. The number of pyridine rings is 1. The third-order valence-corrected chi connectivity index (χ3v) is 6.45. The summed E-state index contributed by atoms with van der Waals surface area (Å²) in [7, 11) is 0. The summed E-state index contributed by atoms with van der Waals surface area (Å²) in [5.74, 6) is 0.669. The van der Waals surface area contributed by atoms with Gasteiger partial charge in [0.15, 0.2) is 0 Å². The van der Waals surface area contributed by atoms with Crippen LogP contribution in [-0.4, -0.2) is 22.1 Å². The molecule has 1 aromatic carbocycles. The van der Waals surface area contributed by atoms with Gasteiger partial charge in [-0.05, 0) is 53.5 Å². The maximum atomic E-state index is 13.0. The Kier molecular flexibility index (Phi) is 8.54. The number of hydrogen-bond donors (Lipinski definition) is 2. The van der Waals surface area contributed by atoms with Crippen LogP contribution < -0.4 is 10.6 Å². The van der Waals surface area contributed by atoms with Gasteiger partial charge in [0.2, 0.25) is 0 Å². The third-order valence-electron chi connectivity index (χ3n) is 6.45. The summed E-state index contributed by atoms with van der Waals surface area (Å²) in [5.41, 5.74) is 5.60. The number of nitrogens with zero attached hydrogens (tertiary/aromatic N) is 2. The van der Waals surface area contributed by atoms with Crippen molar-refractivity contribution in [3.8, 4) is 0 Å². The minimum Gasteiger partial charge on any atom is -0.336 e. The molecular weight excluding hydrogens is 408 g/mol. The second-order valence-electron chi connectivity index (χ2n) is 9.54. The quantitative estimate of drug-likeness (QED) is 0.339.